The fourth-order valence-electron chi connectivity index (χ4n) is 2.73. The molecule has 0 aromatic rings. The zero-order valence-electron chi connectivity index (χ0n) is 10.7. The lowest BCUT2D eigenvalue weighted by atomic mass is 9.69. The maximum Gasteiger partial charge on any atom is 0.111 e. The molecule has 0 nitrogen and oxygen atoms in total. The molecule has 0 amide bonds. The summed E-state index contributed by atoms with van der Waals surface area (Å²) >= 11 is 0. The van der Waals surface area contributed by atoms with E-state index in [9.17, 15) is 4.39 Å². The Labute approximate surface area is 89.3 Å². The highest BCUT2D eigenvalue weighted by atomic mass is 19.1. The predicted octanol–water partition coefficient (Wildman–Crippen LogP) is 4.83. The van der Waals surface area contributed by atoms with Crippen molar-refractivity contribution in [3.63, 3.8) is 0 Å². The van der Waals surface area contributed by atoms with E-state index in [-0.39, 0.29) is 5.92 Å². The molecule has 1 heteroatoms. The van der Waals surface area contributed by atoms with E-state index >= 15 is 0 Å². The first-order chi connectivity index (χ1) is 6.43. The topological polar surface area (TPSA) is 0 Å². The van der Waals surface area contributed by atoms with Crippen molar-refractivity contribution in [3.05, 3.63) is 0 Å². The van der Waals surface area contributed by atoms with Crippen LogP contribution >= 0.6 is 0 Å². The van der Waals surface area contributed by atoms with Gasteiger partial charge in [0.2, 0.25) is 0 Å². The molecule has 0 N–H and O–H groups in total. The van der Waals surface area contributed by atoms with E-state index in [1.807, 2.05) is 13.8 Å². The van der Waals surface area contributed by atoms with Crippen molar-refractivity contribution in [2.45, 2.75) is 66.5 Å². The molecule has 1 aliphatic carbocycles. The van der Waals surface area contributed by atoms with Crippen molar-refractivity contribution in [1.29, 1.82) is 0 Å². The number of hydrogen-bond acceptors (Lipinski definition) is 0. The van der Waals surface area contributed by atoms with Crippen LogP contribution in [0.15, 0.2) is 0 Å². The average Bonchev–Trinajstić information content (AvgIpc) is 2.04. The predicted molar refractivity (Wildman–Crippen MR) is 62.2 cm³/mol. The molecule has 1 saturated carbocycles. The van der Waals surface area contributed by atoms with E-state index in [0.29, 0.717) is 11.8 Å². The number of alkyl halides is 1. The van der Waals surface area contributed by atoms with Crippen LogP contribution in [-0.4, -0.2) is 5.67 Å². The van der Waals surface area contributed by atoms with Gasteiger partial charge in [0, 0.05) is 0 Å². The molecule has 3 unspecified atom stereocenters. The maximum atomic E-state index is 14.0. The van der Waals surface area contributed by atoms with Gasteiger partial charge in [-0.25, -0.2) is 4.39 Å². The molecule has 0 bridgehead atoms. The Bertz CT molecular complexity index is 149. The summed E-state index contributed by atoms with van der Waals surface area (Å²) in [6, 6.07) is 0. The molecule has 14 heavy (non-hydrogen) atoms. The molecular weight excluding hydrogens is 175 g/mol. The van der Waals surface area contributed by atoms with Crippen molar-refractivity contribution in [3.8, 4) is 0 Å². The lowest BCUT2D eigenvalue weighted by molar-refractivity contribution is 0.00866. The molecule has 1 rings (SSSR count). The highest BCUT2D eigenvalue weighted by Crippen LogP contribution is 2.43. The maximum absolute atomic E-state index is 14.0. The fraction of sp³-hybridized carbons (Fsp3) is 1.00. The van der Waals surface area contributed by atoms with E-state index in [1.165, 1.54) is 6.42 Å². The largest absolute Gasteiger partial charge is 0.244 e. The lowest BCUT2D eigenvalue weighted by Gasteiger charge is -2.40. The first kappa shape index (κ1) is 13.9. The second-order valence-electron chi connectivity index (χ2n) is 5.02. The van der Waals surface area contributed by atoms with Crippen LogP contribution in [0, 0.1) is 17.8 Å². The van der Waals surface area contributed by atoms with Crippen molar-refractivity contribution < 1.29 is 4.39 Å². The Kier molecular flexibility index (Phi) is 5.70. The summed E-state index contributed by atoms with van der Waals surface area (Å²) in [5.74, 6) is 1.36. The minimum atomic E-state index is -0.911. The quantitative estimate of drug-likeness (QED) is 0.571. The zero-order valence-corrected chi connectivity index (χ0v) is 10.7. The first-order valence-electron chi connectivity index (χ1n) is 6.12. The second kappa shape index (κ2) is 5.72. The minimum Gasteiger partial charge on any atom is -0.244 e. The van der Waals surface area contributed by atoms with E-state index in [2.05, 4.69) is 20.8 Å². The summed E-state index contributed by atoms with van der Waals surface area (Å²) in [7, 11) is 0. The van der Waals surface area contributed by atoms with Gasteiger partial charge in [0.15, 0.2) is 0 Å². The zero-order chi connectivity index (χ0) is 11.4. The van der Waals surface area contributed by atoms with E-state index in [0.717, 1.165) is 12.8 Å². The Morgan fingerprint density at radius 3 is 2.07 bits per heavy atom. The third kappa shape index (κ3) is 3.59. The smallest absolute Gasteiger partial charge is 0.111 e. The third-order valence-electron chi connectivity index (χ3n) is 3.30. The van der Waals surface area contributed by atoms with Crippen molar-refractivity contribution >= 4 is 0 Å². The summed E-state index contributed by atoms with van der Waals surface area (Å²) in [5.41, 5.74) is -0.911. The SMILES string of the molecule is CC.CC1CCC(C(C)C)C(C)(F)C1. The Morgan fingerprint density at radius 1 is 1.21 bits per heavy atom. The van der Waals surface area contributed by atoms with E-state index in [1.54, 1.807) is 6.92 Å². The summed E-state index contributed by atoms with van der Waals surface area (Å²) < 4.78 is 14.0. The standard InChI is InChI=1S/C11H21F.C2H6/c1-8(2)10-6-5-9(3)7-11(10,4)12;1-2/h8-10H,5-7H2,1-4H3;1-2H3. The van der Waals surface area contributed by atoms with Crippen molar-refractivity contribution in [2.75, 3.05) is 0 Å². The van der Waals surface area contributed by atoms with Gasteiger partial charge in [-0.15, -0.1) is 0 Å². The summed E-state index contributed by atoms with van der Waals surface area (Å²) in [4.78, 5) is 0. The molecule has 1 aliphatic rings. The highest BCUT2D eigenvalue weighted by molar-refractivity contribution is 4.90. The molecule has 0 aromatic carbocycles. The van der Waals surface area contributed by atoms with Gasteiger partial charge < -0.3 is 0 Å². The monoisotopic (exact) mass is 202 g/mol. The molecule has 0 radical (unpaired) electrons. The van der Waals surface area contributed by atoms with Crippen LogP contribution in [0.3, 0.4) is 0 Å². The normalized spacial score (nSPS) is 37.7. The molecular formula is C13H27F. The van der Waals surface area contributed by atoms with Crippen LogP contribution in [0.1, 0.15) is 60.8 Å². The molecule has 0 heterocycles. The molecule has 0 aromatic heterocycles. The molecule has 86 valence electrons. The lowest BCUT2D eigenvalue weighted by Crippen LogP contribution is -2.39. The van der Waals surface area contributed by atoms with E-state index < -0.39 is 5.67 Å². The highest BCUT2D eigenvalue weighted by Gasteiger charge is 2.40. The molecule has 3 atom stereocenters. The summed E-state index contributed by atoms with van der Waals surface area (Å²) in [6.07, 6.45) is 3.05. The van der Waals surface area contributed by atoms with Crippen LogP contribution in [0.25, 0.3) is 0 Å². The number of rotatable bonds is 1. The third-order valence-corrected chi connectivity index (χ3v) is 3.30. The van der Waals surface area contributed by atoms with E-state index in [4.69, 9.17) is 0 Å². The van der Waals surface area contributed by atoms with Gasteiger partial charge in [-0.2, -0.15) is 0 Å². The van der Waals surface area contributed by atoms with Gasteiger partial charge in [0.05, 0.1) is 0 Å². The van der Waals surface area contributed by atoms with Gasteiger partial charge in [-0.1, -0.05) is 41.0 Å². The van der Waals surface area contributed by atoms with Gasteiger partial charge >= 0.3 is 0 Å². The first-order valence-corrected chi connectivity index (χ1v) is 6.12. The second-order valence-corrected chi connectivity index (χ2v) is 5.02. The van der Waals surface area contributed by atoms with Crippen LogP contribution in [0.2, 0.25) is 0 Å². The van der Waals surface area contributed by atoms with Crippen molar-refractivity contribution in [2.24, 2.45) is 17.8 Å². The van der Waals surface area contributed by atoms with Gasteiger partial charge in [0.25, 0.3) is 0 Å². The minimum absolute atomic E-state index is 0.286. The summed E-state index contributed by atoms with van der Waals surface area (Å²) in [5, 5.41) is 0. The Balaban J connectivity index is 0.000000791. The average molecular weight is 202 g/mol. The Morgan fingerprint density at radius 2 is 1.71 bits per heavy atom. The number of halogens is 1. The molecule has 0 aliphatic heterocycles. The summed E-state index contributed by atoms with van der Waals surface area (Å²) in [6.45, 7) is 12.2. The molecule has 0 saturated heterocycles. The van der Waals surface area contributed by atoms with Crippen LogP contribution < -0.4 is 0 Å². The number of hydrogen-bond donors (Lipinski definition) is 0. The molecule has 0 spiro atoms. The molecule has 1 fully saturated rings. The van der Waals surface area contributed by atoms with Gasteiger partial charge in [-0.3, -0.25) is 0 Å². The van der Waals surface area contributed by atoms with Gasteiger partial charge in [-0.05, 0) is 37.5 Å². The van der Waals surface area contributed by atoms with Gasteiger partial charge in [0.1, 0.15) is 5.67 Å². The van der Waals surface area contributed by atoms with Crippen LogP contribution in [0.4, 0.5) is 4.39 Å². The van der Waals surface area contributed by atoms with Crippen molar-refractivity contribution in [1.82, 2.24) is 0 Å². The Hall–Kier alpha value is -0.0700. The van der Waals surface area contributed by atoms with Crippen LogP contribution in [-0.2, 0) is 0 Å². The van der Waals surface area contributed by atoms with Crippen LogP contribution in [0.5, 0.6) is 0 Å². The fourth-order valence-corrected chi connectivity index (χ4v) is 2.73.